The van der Waals surface area contributed by atoms with Gasteiger partial charge in [-0.25, -0.2) is 13.4 Å². The van der Waals surface area contributed by atoms with E-state index in [1.165, 1.54) is 10.4 Å². The van der Waals surface area contributed by atoms with Gasteiger partial charge in [0.25, 0.3) is 0 Å². The molecule has 0 saturated carbocycles. The molecule has 3 rings (SSSR count). The zero-order valence-electron chi connectivity index (χ0n) is 11.7. The average molecular weight is 307 g/mol. The molecule has 1 atom stereocenters. The Hall–Kier alpha value is -1.70. The molecule has 21 heavy (non-hydrogen) atoms. The molecule has 1 aromatic heterocycles. The highest BCUT2D eigenvalue weighted by Gasteiger charge is 2.29. The number of nitrogens with zero attached hydrogens (tertiary/aromatic N) is 3. The van der Waals surface area contributed by atoms with E-state index >= 15 is 0 Å². The Morgan fingerprint density at radius 3 is 2.90 bits per heavy atom. The van der Waals surface area contributed by atoms with Gasteiger partial charge in [0.15, 0.2) is 0 Å². The van der Waals surface area contributed by atoms with Crippen LogP contribution in [0.25, 0.3) is 0 Å². The summed E-state index contributed by atoms with van der Waals surface area (Å²) < 4.78 is 28.8. The summed E-state index contributed by atoms with van der Waals surface area (Å²) in [6.45, 7) is 2.91. The molecule has 0 spiro atoms. The van der Waals surface area contributed by atoms with Gasteiger partial charge in [-0.15, -0.1) is 0 Å². The normalized spacial score (nSPS) is 17.4. The lowest BCUT2D eigenvalue weighted by molar-refractivity contribution is 0.199. The molecule has 6 nitrogen and oxygen atoms in total. The average Bonchev–Trinajstić information content (AvgIpc) is 2.94. The van der Waals surface area contributed by atoms with Crippen LogP contribution in [-0.2, 0) is 23.1 Å². The Morgan fingerprint density at radius 1 is 1.33 bits per heavy atom. The second-order valence-electron chi connectivity index (χ2n) is 5.12. The van der Waals surface area contributed by atoms with E-state index in [0.29, 0.717) is 18.7 Å². The first-order chi connectivity index (χ1) is 9.98. The first-order valence-corrected chi connectivity index (χ1v) is 8.20. The predicted octanol–water partition coefficient (Wildman–Crippen LogP) is 1.14. The van der Waals surface area contributed by atoms with Crippen molar-refractivity contribution in [3.05, 3.63) is 48.0 Å². The van der Waals surface area contributed by atoms with Crippen LogP contribution in [0.2, 0.25) is 0 Å². The summed E-state index contributed by atoms with van der Waals surface area (Å²) >= 11 is 0. The smallest absolute Gasteiger partial charge is 0.243 e. The maximum atomic E-state index is 12.7. The van der Waals surface area contributed by atoms with E-state index in [1.54, 1.807) is 31.3 Å². The number of sulfonamides is 1. The lowest BCUT2D eigenvalue weighted by Crippen LogP contribution is -2.38. The number of aliphatic hydroxyl groups excluding tert-OH is 1. The van der Waals surface area contributed by atoms with E-state index in [1.807, 2.05) is 10.8 Å². The number of hydrogen-bond acceptors (Lipinski definition) is 4. The van der Waals surface area contributed by atoms with Crippen molar-refractivity contribution in [3.63, 3.8) is 0 Å². The quantitative estimate of drug-likeness (QED) is 0.922. The van der Waals surface area contributed by atoms with Gasteiger partial charge in [0.1, 0.15) is 5.82 Å². The van der Waals surface area contributed by atoms with Crippen LogP contribution >= 0.6 is 0 Å². The van der Waals surface area contributed by atoms with Gasteiger partial charge in [0.2, 0.25) is 10.0 Å². The molecule has 1 aliphatic heterocycles. The highest BCUT2D eigenvalue weighted by Crippen LogP contribution is 2.23. The molecule has 1 N–H and O–H groups in total. The van der Waals surface area contributed by atoms with Crippen molar-refractivity contribution in [1.29, 1.82) is 0 Å². The Labute approximate surface area is 123 Å². The predicted molar refractivity (Wildman–Crippen MR) is 76.9 cm³/mol. The summed E-state index contributed by atoms with van der Waals surface area (Å²) in [4.78, 5) is 4.39. The van der Waals surface area contributed by atoms with Gasteiger partial charge >= 0.3 is 0 Å². The minimum Gasteiger partial charge on any atom is -0.389 e. The molecule has 7 heteroatoms. The van der Waals surface area contributed by atoms with Crippen molar-refractivity contribution >= 4 is 10.0 Å². The molecule has 2 heterocycles. The molecule has 1 aromatic carbocycles. The third-order valence-corrected chi connectivity index (χ3v) is 5.53. The van der Waals surface area contributed by atoms with Crippen LogP contribution in [0.15, 0.2) is 41.6 Å². The summed E-state index contributed by atoms with van der Waals surface area (Å²) in [5.41, 5.74) is 0.592. The van der Waals surface area contributed by atoms with E-state index in [4.69, 9.17) is 0 Å². The molecular weight excluding hydrogens is 290 g/mol. The molecule has 1 aliphatic rings. The van der Waals surface area contributed by atoms with Crippen LogP contribution in [0.5, 0.6) is 0 Å². The van der Waals surface area contributed by atoms with Gasteiger partial charge in [-0.3, -0.25) is 0 Å². The number of benzene rings is 1. The fourth-order valence-electron chi connectivity index (χ4n) is 2.44. The zero-order valence-corrected chi connectivity index (χ0v) is 12.5. The number of imidazole rings is 1. The summed E-state index contributed by atoms with van der Waals surface area (Å²) in [6.07, 6.45) is 2.84. The topological polar surface area (TPSA) is 75.4 Å². The molecule has 1 unspecified atom stereocenters. The Morgan fingerprint density at radius 2 is 2.14 bits per heavy atom. The van der Waals surface area contributed by atoms with Crippen molar-refractivity contribution < 1.29 is 13.5 Å². The first-order valence-electron chi connectivity index (χ1n) is 6.76. The van der Waals surface area contributed by atoms with Crippen molar-refractivity contribution in [2.75, 3.05) is 6.54 Å². The summed E-state index contributed by atoms with van der Waals surface area (Å²) in [5.74, 6) is 0.747. The highest BCUT2D eigenvalue weighted by molar-refractivity contribution is 7.89. The van der Waals surface area contributed by atoms with E-state index in [2.05, 4.69) is 4.98 Å². The van der Waals surface area contributed by atoms with Crippen molar-refractivity contribution in [2.24, 2.45) is 0 Å². The molecule has 2 aromatic rings. The summed E-state index contributed by atoms with van der Waals surface area (Å²) in [6, 6.07) is 6.45. The van der Waals surface area contributed by atoms with Crippen LogP contribution in [0.1, 0.15) is 24.4 Å². The second-order valence-corrected chi connectivity index (χ2v) is 7.06. The molecule has 0 bridgehead atoms. The standard InChI is InChI=1S/C14H17N3O3S/c1-11(18)12-3-2-4-13(9-12)21(19,20)17-8-7-16-6-5-15-14(16)10-17/h2-6,9,11,18H,7-8,10H2,1H3. The maximum Gasteiger partial charge on any atom is 0.243 e. The Bertz CT molecular complexity index is 752. The number of rotatable bonds is 3. The van der Waals surface area contributed by atoms with E-state index < -0.39 is 16.1 Å². The number of hydrogen-bond donors (Lipinski definition) is 1. The van der Waals surface area contributed by atoms with Gasteiger partial charge in [0.05, 0.1) is 17.5 Å². The lowest BCUT2D eigenvalue weighted by Gasteiger charge is -2.27. The Kier molecular flexibility index (Phi) is 3.56. The third kappa shape index (κ3) is 2.59. The SMILES string of the molecule is CC(O)c1cccc(S(=O)(=O)N2CCn3ccnc3C2)c1. The molecule has 0 saturated heterocycles. The minimum absolute atomic E-state index is 0.209. The zero-order chi connectivity index (χ0) is 15.0. The van der Waals surface area contributed by atoms with Gasteiger partial charge < -0.3 is 9.67 Å². The van der Waals surface area contributed by atoms with Gasteiger partial charge in [-0.1, -0.05) is 12.1 Å². The van der Waals surface area contributed by atoms with Crippen molar-refractivity contribution in [3.8, 4) is 0 Å². The van der Waals surface area contributed by atoms with Crippen LogP contribution in [0, 0.1) is 0 Å². The Balaban J connectivity index is 1.93. The molecule has 0 aliphatic carbocycles. The maximum absolute atomic E-state index is 12.7. The van der Waals surface area contributed by atoms with Crippen LogP contribution < -0.4 is 0 Å². The fourth-order valence-corrected chi connectivity index (χ4v) is 3.88. The first kappa shape index (κ1) is 14.2. The number of fused-ring (bicyclic) bond motifs is 1. The largest absolute Gasteiger partial charge is 0.389 e. The van der Waals surface area contributed by atoms with E-state index in [9.17, 15) is 13.5 Å². The number of aromatic nitrogens is 2. The van der Waals surface area contributed by atoms with Crippen molar-refractivity contribution in [1.82, 2.24) is 13.9 Å². The summed E-state index contributed by atoms with van der Waals surface area (Å²) in [7, 11) is -3.57. The van der Waals surface area contributed by atoms with Crippen LogP contribution in [0.4, 0.5) is 0 Å². The lowest BCUT2D eigenvalue weighted by atomic mass is 10.1. The fraction of sp³-hybridized carbons (Fsp3) is 0.357. The minimum atomic E-state index is -3.57. The van der Waals surface area contributed by atoms with Crippen LogP contribution in [-0.4, -0.2) is 33.9 Å². The molecule has 0 amide bonds. The monoisotopic (exact) mass is 307 g/mol. The van der Waals surface area contributed by atoms with E-state index in [-0.39, 0.29) is 11.4 Å². The molecule has 0 radical (unpaired) electrons. The molecule has 112 valence electrons. The van der Waals surface area contributed by atoms with Gasteiger partial charge in [-0.05, 0) is 24.6 Å². The van der Waals surface area contributed by atoms with E-state index in [0.717, 1.165) is 5.82 Å². The van der Waals surface area contributed by atoms with Gasteiger partial charge in [-0.2, -0.15) is 4.31 Å². The second kappa shape index (κ2) is 5.25. The molecular formula is C14H17N3O3S. The summed E-state index contributed by atoms with van der Waals surface area (Å²) in [5, 5.41) is 9.60. The number of aliphatic hydroxyl groups is 1. The van der Waals surface area contributed by atoms with Crippen molar-refractivity contribution in [2.45, 2.75) is 31.0 Å². The highest BCUT2D eigenvalue weighted by atomic mass is 32.2. The third-order valence-electron chi connectivity index (χ3n) is 3.69. The molecule has 0 fully saturated rings. The van der Waals surface area contributed by atoms with Gasteiger partial charge in [0, 0.05) is 25.5 Å². The van der Waals surface area contributed by atoms with Crippen LogP contribution in [0.3, 0.4) is 0 Å².